The third-order valence-electron chi connectivity index (χ3n) is 5.33. The van der Waals surface area contributed by atoms with E-state index in [1.807, 2.05) is 0 Å². The van der Waals surface area contributed by atoms with Crippen molar-refractivity contribution in [1.29, 1.82) is 0 Å². The Morgan fingerprint density at radius 3 is 2.05 bits per heavy atom. The molecular weight excluding hydrogens is 244 g/mol. The van der Waals surface area contributed by atoms with E-state index in [0.717, 1.165) is 12.5 Å². The second-order valence-electron chi connectivity index (χ2n) is 6.94. The van der Waals surface area contributed by atoms with Gasteiger partial charge in [0.25, 0.3) is 0 Å². The van der Waals surface area contributed by atoms with Crippen molar-refractivity contribution in [2.24, 2.45) is 5.92 Å². The van der Waals surface area contributed by atoms with Crippen molar-refractivity contribution >= 4 is 0 Å². The third-order valence-corrected chi connectivity index (χ3v) is 5.33. The van der Waals surface area contributed by atoms with Crippen LogP contribution in [0.25, 0.3) is 0 Å². The van der Waals surface area contributed by atoms with Crippen LogP contribution in [0.1, 0.15) is 79.6 Å². The maximum Gasteiger partial charge on any atom is 0.0357 e. The fourth-order valence-electron chi connectivity index (χ4n) is 4.11. The van der Waals surface area contributed by atoms with E-state index in [-0.39, 0.29) is 0 Å². The molecule has 120 valence electrons. The van der Waals surface area contributed by atoms with Crippen LogP contribution in [0.4, 0.5) is 0 Å². The molecule has 0 radical (unpaired) electrons. The Balaban J connectivity index is 2.75. The summed E-state index contributed by atoms with van der Waals surface area (Å²) in [5.41, 5.74) is 0.392. The molecule has 0 aromatic carbocycles. The van der Waals surface area contributed by atoms with Gasteiger partial charge in [0.15, 0.2) is 0 Å². The summed E-state index contributed by atoms with van der Waals surface area (Å²) < 4.78 is 0. The number of likely N-dealkylation sites (N-methyl/N-ethyl adjacent to an activating group) is 1. The Morgan fingerprint density at radius 1 is 1.00 bits per heavy atom. The van der Waals surface area contributed by atoms with Crippen molar-refractivity contribution in [2.45, 2.75) is 91.1 Å². The van der Waals surface area contributed by atoms with E-state index in [1.165, 1.54) is 58.0 Å². The Labute approximate surface area is 127 Å². The predicted molar refractivity (Wildman–Crippen MR) is 90.3 cm³/mol. The fourth-order valence-corrected chi connectivity index (χ4v) is 4.11. The van der Waals surface area contributed by atoms with Crippen LogP contribution in [0.2, 0.25) is 0 Å². The molecule has 1 rings (SSSR count). The zero-order valence-electron chi connectivity index (χ0n) is 14.7. The first-order chi connectivity index (χ1) is 9.60. The molecule has 0 bridgehead atoms. The van der Waals surface area contributed by atoms with Gasteiger partial charge in [0.05, 0.1) is 0 Å². The van der Waals surface area contributed by atoms with Crippen LogP contribution in [0.5, 0.6) is 0 Å². The van der Waals surface area contributed by atoms with Crippen LogP contribution in [-0.2, 0) is 0 Å². The molecule has 0 aromatic rings. The van der Waals surface area contributed by atoms with Crippen LogP contribution < -0.4 is 5.32 Å². The van der Waals surface area contributed by atoms with Crippen LogP contribution in [-0.4, -0.2) is 36.1 Å². The topological polar surface area (TPSA) is 15.3 Å². The molecule has 1 aliphatic rings. The molecule has 0 saturated carbocycles. The maximum atomic E-state index is 3.83. The highest BCUT2D eigenvalue weighted by atomic mass is 15.2. The first-order valence-corrected chi connectivity index (χ1v) is 9.09. The van der Waals surface area contributed by atoms with Gasteiger partial charge in [-0.05, 0) is 57.7 Å². The number of hydrogen-bond donors (Lipinski definition) is 1. The summed E-state index contributed by atoms with van der Waals surface area (Å²) in [6.45, 7) is 15.5. The van der Waals surface area contributed by atoms with Crippen molar-refractivity contribution in [3.05, 3.63) is 0 Å². The first-order valence-electron chi connectivity index (χ1n) is 9.09. The van der Waals surface area contributed by atoms with E-state index in [1.54, 1.807) is 0 Å². The van der Waals surface area contributed by atoms with Gasteiger partial charge in [-0.2, -0.15) is 0 Å². The van der Waals surface area contributed by atoms with Crippen LogP contribution in [0.15, 0.2) is 0 Å². The Hall–Kier alpha value is -0.0800. The van der Waals surface area contributed by atoms with Crippen molar-refractivity contribution in [2.75, 3.05) is 19.6 Å². The maximum absolute atomic E-state index is 3.83. The SMILES string of the molecule is CCNC(CCCC(C)C)C(CC)(CC)N1CCCC1. The Kier molecular flexibility index (Phi) is 8.13. The molecule has 0 aliphatic carbocycles. The summed E-state index contributed by atoms with van der Waals surface area (Å²) in [6, 6.07) is 0.666. The van der Waals surface area contributed by atoms with Gasteiger partial charge >= 0.3 is 0 Å². The van der Waals surface area contributed by atoms with Gasteiger partial charge in [-0.25, -0.2) is 0 Å². The summed E-state index contributed by atoms with van der Waals surface area (Å²) in [5, 5.41) is 3.83. The van der Waals surface area contributed by atoms with Crippen LogP contribution >= 0.6 is 0 Å². The number of nitrogens with zero attached hydrogens (tertiary/aromatic N) is 1. The second kappa shape index (κ2) is 9.04. The lowest BCUT2D eigenvalue weighted by Crippen LogP contribution is -2.60. The number of nitrogens with one attached hydrogen (secondary N) is 1. The summed E-state index contributed by atoms with van der Waals surface area (Å²) >= 11 is 0. The van der Waals surface area contributed by atoms with E-state index in [9.17, 15) is 0 Å². The van der Waals surface area contributed by atoms with Gasteiger partial charge in [-0.1, -0.05) is 47.5 Å². The highest BCUT2D eigenvalue weighted by Gasteiger charge is 2.41. The smallest absolute Gasteiger partial charge is 0.0357 e. The van der Waals surface area contributed by atoms with E-state index in [4.69, 9.17) is 0 Å². The molecule has 0 aromatic heterocycles. The Bertz CT molecular complexity index is 240. The molecule has 0 amide bonds. The van der Waals surface area contributed by atoms with Gasteiger partial charge in [0.1, 0.15) is 0 Å². The van der Waals surface area contributed by atoms with Crippen LogP contribution in [0, 0.1) is 5.92 Å². The molecule has 1 N–H and O–H groups in total. The summed E-state index contributed by atoms with van der Waals surface area (Å²) in [5.74, 6) is 0.835. The summed E-state index contributed by atoms with van der Waals surface area (Å²) in [6.07, 6.45) is 9.42. The third kappa shape index (κ3) is 4.46. The number of rotatable bonds is 10. The standard InChI is InChI=1S/C18H38N2/c1-6-18(7-2,20-14-9-10-15-20)17(19-8-3)13-11-12-16(4)5/h16-17,19H,6-15H2,1-5H3. The van der Waals surface area contributed by atoms with Gasteiger partial charge < -0.3 is 5.32 Å². The Morgan fingerprint density at radius 2 is 1.60 bits per heavy atom. The molecular formula is C18H38N2. The lowest BCUT2D eigenvalue weighted by Gasteiger charge is -2.47. The average molecular weight is 283 g/mol. The molecule has 0 spiro atoms. The van der Waals surface area contributed by atoms with Gasteiger partial charge in [-0.15, -0.1) is 0 Å². The molecule has 2 heteroatoms. The molecule has 1 saturated heterocycles. The van der Waals surface area contributed by atoms with Gasteiger partial charge in [0.2, 0.25) is 0 Å². The molecule has 2 nitrogen and oxygen atoms in total. The van der Waals surface area contributed by atoms with Crippen molar-refractivity contribution < 1.29 is 0 Å². The van der Waals surface area contributed by atoms with Crippen molar-refractivity contribution in [3.8, 4) is 0 Å². The summed E-state index contributed by atoms with van der Waals surface area (Å²) in [7, 11) is 0. The fraction of sp³-hybridized carbons (Fsp3) is 1.00. The normalized spacial score (nSPS) is 18.9. The van der Waals surface area contributed by atoms with Crippen molar-refractivity contribution in [3.63, 3.8) is 0 Å². The average Bonchev–Trinajstić information content (AvgIpc) is 2.95. The molecule has 1 aliphatic heterocycles. The zero-order valence-corrected chi connectivity index (χ0v) is 14.7. The molecule has 1 atom stereocenters. The predicted octanol–water partition coefficient (Wildman–Crippen LogP) is 4.45. The minimum Gasteiger partial charge on any atom is -0.312 e. The number of likely N-dealkylation sites (tertiary alicyclic amines) is 1. The molecule has 1 heterocycles. The molecule has 1 unspecified atom stereocenters. The van der Waals surface area contributed by atoms with E-state index >= 15 is 0 Å². The minimum atomic E-state index is 0.392. The highest BCUT2D eigenvalue weighted by molar-refractivity contribution is 5.00. The highest BCUT2D eigenvalue weighted by Crippen LogP contribution is 2.33. The van der Waals surface area contributed by atoms with E-state index < -0.39 is 0 Å². The largest absolute Gasteiger partial charge is 0.312 e. The molecule has 1 fully saturated rings. The second-order valence-corrected chi connectivity index (χ2v) is 6.94. The summed E-state index contributed by atoms with van der Waals surface area (Å²) in [4.78, 5) is 2.80. The lowest BCUT2D eigenvalue weighted by atomic mass is 9.80. The van der Waals surface area contributed by atoms with Crippen LogP contribution in [0.3, 0.4) is 0 Å². The monoisotopic (exact) mass is 282 g/mol. The zero-order chi connectivity index (χ0) is 15.0. The van der Waals surface area contributed by atoms with Gasteiger partial charge in [0, 0.05) is 11.6 Å². The quantitative estimate of drug-likeness (QED) is 0.637. The number of hydrogen-bond acceptors (Lipinski definition) is 2. The van der Waals surface area contributed by atoms with E-state index in [0.29, 0.717) is 11.6 Å². The lowest BCUT2D eigenvalue weighted by molar-refractivity contribution is 0.0578. The van der Waals surface area contributed by atoms with Crippen molar-refractivity contribution in [1.82, 2.24) is 10.2 Å². The first kappa shape index (κ1) is 18.0. The molecule has 20 heavy (non-hydrogen) atoms. The minimum absolute atomic E-state index is 0.392. The van der Waals surface area contributed by atoms with E-state index in [2.05, 4.69) is 44.8 Å². The van der Waals surface area contributed by atoms with Gasteiger partial charge in [-0.3, -0.25) is 4.90 Å².